The van der Waals surface area contributed by atoms with E-state index in [2.05, 4.69) is 24.2 Å². The largest absolute Gasteiger partial charge is 0.466 e. The second kappa shape index (κ2) is 5.57. The average Bonchev–Trinajstić information content (AvgIpc) is 2.54. The molecule has 0 aromatic heterocycles. The Morgan fingerprint density at radius 2 is 1.94 bits per heavy atom. The Bertz CT molecular complexity index is 292. The van der Waals surface area contributed by atoms with Gasteiger partial charge in [-0.2, -0.15) is 0 Å². The van der Waals surface area contributed by atoms with Crippen LogP contribution in [0, 0.1) is 0 Å². The van der Waals surface area contributed by atoms with Gasteiger partial charge >= 0.3 is 5.97 Å². The summed E-state index contributed by atoms with van der Waals surface area (Å²) in [5, 5.41) is 3.58. The molecule has 0 radical (unpaired) electrons. The van der Waals surface area contributed by atoms with Crippen LogP contribution < -0.4 is 5.32 Å². The summed E-state index contributed by atoms with van der Waals surface area (Å²) in [5.41, 5.74) is -0.0284. The van der Waals surface area contributed by atoms with Crippen molar-refractivity contribution in [2.24, 2.45) is 0 Å². The van der Waals surface area contributed by atoms with Gasteiger partial charge in [0, 0.05) is 17.6 Å². The Kier molecular flexibility index (Phi) is 4.28. The topological polar surface area (TPSA) is 41.6 Å². The van der Waals surface area contributed by atoms with Gasteiger partial charge in [-0.25, -0.2) is 0 Å². The van der Waals surface area contributed by atoms with E-state index in [9.17, 15) is 4.79 Å². The molecule has 2 aliphatic heterocycles. The molecule has 0 aromatic carbocycles. The number of ether oxygens (including phenoxy) is 1. The number of piperidine rings is 1. The van der Waals surface area contributed by atoms with Gasteiger partial charge in [-0.05, 0) is 46.2 Å². The lowest BCUT2D eigenvalue weighted by Crippen LogP contribution is -2.57. The van der Waals surface area contributed by atoms with Crippen molar-refractivity contribution >= 4 is 5.97 Å². The summed E-state index contributed by atoms with van der Waals surface area (Å²) >= 11 is 0. The number of esters is 1. The first kappa shape index (κ1) is 13.8. The highest BCUT2D eigenvalue weighted by molar-refractivity contribution is 5.71. The molecule has 2 rings (SSSR count). The van der Waals surface area contributed by atoms with Gasteiger partial charge in [0.25, 0.3) is 0 Å². The standard InChI is InChI=1S/C14H26N2O2/c1-4-15-14(10-13(17)18-5-2)8-11-6-7-12(9-14)16(11)3/h11-12,15H,4-10H2,1-3H3. The predicted octanol–water partition coefficient (Wildman–Crippen LogP) is 1.54. The molecule has 0 spiro atoms. The maximum atomic E-state index is 11.8. The predicted molar refractivity (Wildman–Crippen MR) is 71.5 cm³/mol. The van der Waals surface area contributed by atoms with Gasteiger partial charge in [0.05, 0.1) is 13.0 Å². The SMILES string of the molecule is CCNC1(CC(=O)OCC)CC2CCC(C1)N2C. The number of rotatable bonds is 5. The highest BCUT2D eigenvalue weighted by Gasteiger charge is 2.47. The molecule has 0 saturated carbocycles. The third kappa shape index (κ3) is 2.69. The van der Waals surface area contributed by atoms with E-state index in [0.717, 1.165) is 19.4 Å². The molecular formula is C14H26N2O2. The van der Waals surface area contributed by atoms with E-state index in [-0.39, 0.29) is 11.5 Å². The lowest BCUT2D eigenvalue weighted by Gasteiger charge is -2.45. The minimum Gasteiger partial charge on any atom is -0.466 e. The van der Waals surface area contributed by atoms with Crippen LogP contribution in [0.2, 0.25) is 0 Å². The Morgan fingerprint density at radius 1 is 1.33 bits per heavy atom. The van der Waals surface area contributed by atoms with Gasteiger partial charge in [-0.15, -0.1) is 0 Å². The van der Waals surface area contributed by atoms with Crippen LogP contribution in [0.25, 0.3) is 0 Å². The molecular weight excluding hydrogens is 228 g/mol. The van der Waals surface area contributed by atoms with Crippen molar-refractivity contribution < 1.29 is 9.53 Å². The molecule has 2 fully saturated rings. The van der Waals surface area contributed by atoms with Crippen LogP contribution in [-0.4, -0.2) is 48.7 Å². The number of carbonyl (C=O) groups excluding carboxylic acids is 1. The summed E-state index contributed by atoms with van der Waals surface area (Å²) in [6.45, 7) is 5.39. The Morgan fingerprint density at radius 3 is 2.44 bits per heavy atom. The first-order valence-electron chi connectivity index (χ1n) is 7.23. The molecule has 4 nitrogen and oxygen atoms in total. The molecule has 2 aliphatic rings. The number of nitrogens with zero attached hydrogens (tertiary/aromatic N) is 1. The van der Waals surface area contributed by atoms with E-state index in [0.29, 0.717) is 25.1 Å². The lowest BCUT2D eigenvalue weighted by atomic mass is 9.80. The monoisotopic (exact) mass is 254 g/mol. The van der Waals surface area contributed by atoms with Crippen molar-refractivity contribution in [1.82, 2.24) is 10.2 Å². The number of hydrogen-bond donors (Lipinski definition) is 1. The summed E-state index contributed by atoms with van der Waals surface area (Å²) in [4.78, 5) is 14.3. The zero-order valence-electron chi connectivity index (χ0n) is 11.9. The van der Waals surface area contributed by atoms with E-state index in [1.165, 1.54) is 12.8 Å². The summed E-state index contributed by atoms with van der Waals surface area (Å²) < 4.78 is 5.14. The van der Waals surface area contributed by atoms with Gasteiger partial charge in [0.2, 0.25) is 0 Å². The van der Waals surface area contributed by atoms with Crippen molar-refractivity contribution in [1.29, 1.82) is 0 Å². The molecule has 2 heterocycles. The van der Waals surface area contributed by atoms with Gasteiger partial charge in [-0.1, -0.05) is 6.92 Å². The van der Waals surface area contributed by atoms with Crippen LogP contribution in [0.4, 0.5) is 0 Å². The van der Waals surface area contributed by atoms with Crippen LogP contribution in [0.3, 0.4) is 0 Å². The summed E-state index contributed by atoms with van der Waals surface area (Å²) in [7, 11) is 2.22. The molecule has 2 bridgehead atoms. The van der Waals surface area contributed by atoms with Crippen LogP contribution in [-0.2, 0) is 9.53 Å². The normalized spacial score (nSPS) is 35.7. The van der Waals surface area contributed by atoms with Crippen molar-refractivity contribution in [2.75, 3.05) is 20.2 Å². The number of carbonyl (C=O) groups is 1. The maximum absolute atomic E-state index is 11.8. The zero-order valence-corrected chi connectivity index (χ0v) is 11.9. The number of nitrogens with one attached hydrogen (secondary N) is 1. The van der Waals surface area contributed by atoms with Crippen molar-refractivity contribution in [3.05, 3.63) is 0 Å². The van der Waals surface area contributed by atoms with Gasteiger partial charge in [-0.3, -0.25) is 4.79 Å². The zero-order chi connectivity index (χ0) is 13.2. The Labute approximate surface area is 110 Å². The van der Waals surface area contributed by atoms with Crippen LogP contribution in [0.1, 0.15) is 46.0 Å². The lowest BCUT2D eigenvalue weighted by molar-refractivity contribution is -0.145. The fourth-order valence-electron chi connectivity index (χ4n) is 3.78. The van der Waals surface area contributed by atoms with Gasteiger partial charge < -0.3 is 15.0 Å². The molecule has 18 heavy (non-hydrogen) atoms. The molecule has 2 atom stereocenters. The van der Waals surface area contributed by atoms with E-state index < -0.39 is 0 Å². The molecule has 0 aromatic rings. The van der Waals surface area contributed by atoms with Crippen LogP contribution in [0.5, 0.6) is 0 Å². The van der Waals surface area contributed by atoms with Crippen LogP contribution in [0.15, 0.2) is 0 Å². The van der Waals surface area contributed by atoms with Crippen LogP contribution >= 0.6 is 0 Å². The molecule has 0 aliphatic carbocycles. The molecule has 2 unspecified atom stereocenters. The first-order chi connectivity index (χ1) is 8.60. The second-order valence-corrected chi connectivity index (χ2v) is 5.75. The molecule has 1 N–H and O–H groups in total. The smallest absolute Gasteiger partial charge is 0.307 e. The fraction of sp³-hybridized carbons (Fsp3) is 0.929. The van der Waals surface area contributed by atoms with E-state index >= 15 is 0 Å². The highest BCUT2D eigenvalue weighted by atomic mass is 16.5. The minimum atomic E-state index is -0.0533. The van der Waals surface area contributed by atoms with Gasteiger partial charge in [0.1, 0.15) is 0 Å². The van der Waals surface area contributed by atoms with Crippen molar-refractivity contribution in [3.63, 3.8) is 0 Å². The van der Waals surface area contributed by atoms with E-state index in [1.807, 2.05) is 6.92 Å². The van der Waals surface area contributed by atoms with E-state index in [4.69, 9.17) is 4.74 Å². The fourth-order valence-corrected chi connectivity index (χ4v) is 3.78. The first-order valence-corrected chi connectivity index (χ1v) is 7.23. The number of hydrogen-bond acceptors (Lipinski definition) is 4. The molecule has 4 heteroatoms. The highest BCUT2D eigenvalue weighted by Crippen LogP contribution is 2.41. The Balaban J connectivity index is 2.06. The summed E-state index contributed by atoms with van der Waals surface area (Å²) in [6, 6.07) is 1.27. The average molecular weight is 254 g/mol. The minimum absolute atomic E-state index is 0.0284. The van der Waals surface area contributed by atoms with Crippen molar-refractivity contribution in [3.8, 4) is 0 Å². The third-order valence-electron chi connectivity index (χ3n) is 4.58. The Hall–Kier alpha value is -0.610. The van der Waals surface area contributed by atoms with E-state index in [1.54, 1.807) is 0 Å². The quantitative estimate of drug-likeness (QED) is 0.756. The summed E-state index contributed by atoms with van der Waals surface area (Å²) in [6.07, 6.45) is 5.23. The molecule has 2 saturated heterocycles. The second-order valence-electron chi connectivity index (χ2n) is 5.75. The number of fused-ring (bicyclic) bond motifs is 2. The molecule has 0 amide bonds. The molecule has 104 valence electrons. The maximum Gasteiger partial charge on any atom is 0.307 e. The summed E-state index contributed by atoms with van der Waals surface area (Å²) in [5.74, 6) is -0.0533. The van der Waals surface area contributed by atoms with Gasteiger partial charge in [0.15, 0.2) is 0 Å². The third-order valence-corrected chi connectivity index (χ3v) is 4.58. The van der Waals surface area contributed by atoms with Crippen molar-refractivity contribution in [2.45, 2.75) is 63.6 Å².